The Hall–Kier alpha value is -1.76. The van der Waals surface area contributed by atoms with Crippen LogP contribution in [-0.4, -0.2) is 59.5 Å². The molecule has 0 bridgehead atoms. The topological polar surface area (TPSA) is 48.5 Å². The Morgan fingerprint density at radius 1 is 1.11 bits per heavy atom. The largest absolute Gasteiger partial charge is 0.347 e. The van der Waals surface area contributed by atoms with Crippen LogP contribution in [0.25, 0.3) is 0 Å². The third kappa shape index (κ3) is 5.40. The molecule has 2 fully saturated rings. The predicted molar refractivity (Wildman–Crippen MR) is 114 cm³/mol. The number of thiazole rings is 1. The van der Waals surface area contributed by atoms with Crippen LogP contribution in [0, 0.1) is 0 Å². The Balaban J connectivity index is 1.25. The van der Waals surface area contributed by atoms with Crippen molar-refractivity contribution in [3.05, 3.63) is 52.0 Å². The van der Waals surface area contributed by atoms with Gasteiger partial charge in [0.2, 0.25) is 0 Å². The molecule has 5 nitrogen and oxygen atoms in total. The van der Waals surface area contributed by atoms with Gasteiger partial charge in [-0.1, -0.05) is 30.3 Å². The van der Waals surface area contributed by atoms with Gasteiger partial charge in [0, 0.05) is 19.1 Å². The average molecular weight is 399 g/mol. The summed E-state index contributed by atoms with van der Waals surface area (Å²) in [6.07, 6.45) is 7.58. The van der Waals surface area contributed by atoms with E-state index in [0.717, 1.165) is 68.4 Å². The summed E-state index contributed by atoms with van der Waals surface area (Å²) in [4.78, 5) is 22.8. The predicted octanol–water partition coefficient (Wildman–Crippen LogP) is 3.18. The summed E-state index contributed by atoms with van der Waals surface area (Å²) in [6.45, 7) is 6.31. The number of hydrogen-bond donors (Lipinski definition) is 1. The Bertz CT molecular complexity index is 757. The quantitative estimate of drug-likeness (QED) is 0.778. The fraction of sp³-hybridized carbons (Fsp3) is 0.545. The molecule has 1 aromatic heterocycles. The van der Waals surface area contributed by atoms with E-state index in [4.69, 9.17) is 0 Å². The first-order valence-electron chi connectivity index (χ1n) is 10.5. The minimum atomic E-state index is 0.0417. The van der Waals surface area contributed by atoms with Gasteiger partial charge >= 0.3 is 0 Å². The molecule has 3 heterocycles. The van der Waals surface area contributed by atoms with Crippen LogP contribution in [0.2, 0.25) is 0 Å². The van der Waals surface area contributed by atoms with Crippen LogP contribution in [0.3, 0.4) is 0 Å². The van der Waals surface area contributed by atoms with Gasteiger partial charge in [-0.25, -0.2) is 4.98 Å². The number of aromatic nitrogens is 1. The van der Waals surface area contributed by atoms with Crippen molar-refractivity contribution < 1.29 is 4.79 Å². The Morgan fingerprint density at radius 3 is 2.71 bits per heavy atom. The molecular formula is C22H30N4OS. The van der Waals surface area contributed by atoms with Crippen LogP contribution < -0.4 is 5.32 Å². The number of likely N-dealkylation sites (tertiary alicyclic amines) is 2. The molecule has 28 heavy (non-hydrogen) atoms. The summed E-state index contributed by atoms with van der Waals surface area (Å²) in [5, 5.41) is 4.30. The molecule has 2 aliphatic rings. The van der Waals surface area contributed by atoms with Gasteiger partial charge in [-0.3, -0.25) is 9.69 Å². The zero-order valence-corrected chi connectivity index (χ0v) is 17.3. The van der Waals surface area contributed by atoms with Crippen LogP contribution >= 0.6 is 11.3 Å². The van der Waals surface area contributed by atoms with E-state index in [2.05, 4.69) is 50.4 Å². The van der Waals surface area contributed by atoms with E-state index in [1.54, 1.807) is 17.5 Å². The summed E-state index contributed by atoms with van der Waals surface area (Å²) in [5.74, 6) is 0.0417. The normalized spacial score (nSPS) is 21.1. The van der Waals surface area contributed by atoms with Crippen LogP contribution in [0.1, 0.15) is 45.9 Å². The molecule has 4 rings (SSSR count). The molecular weight excluding hydrogens is 368 g/mol. The SMILES string of the molecule is O=C(N[C@@H]1CCCN(CCc2ccccc2)C1)c1cnc(CN2CCCC2)s1. The fourth-order valence-corrected chi connectivity index (χ4v) is 5.05. The smallest absolute Gasteiger partial charge is 0.263 e. The molecule has 6 heteroatoms. The average Bonchev–Trinajstić information content (AvgIpc) is 3.40. The van der Waals surface area contributed by atoms with Crippen molar-refractivity contribution >= 4 is 17.2 Å². The number of rotatable bonds is 7. The van der Waals surface area contributed by atoms with Crippen molar-refractivity contribution in [1.82, 2.24) is 20.1 Å². The monoisotopic (exact) mass is 398 g/mol. The number of nitrogens with one attached hydrogen (secondary N) is 1. The van der Waals surface area contributed by atoms with Gasteiger partial charge in [-0.05, 0) is 57.3 Å². The first-order valence-corrected chi connectivity index (χ1v) is 11.3. The first-order chi connectivity index (χ1) is 13.8. The lowest BCUT2D eigenvalue weighted by Gasteiger charge is -2.33. The van der Waals surface area contributed by atoms with Gasteiger partial charge in [0.15, 0.2) is 0 Å². The van der Waals surface area contributed by atoms with Crippen LogP contribution in [0.4, 0.5) is 0 Å². The third-order valence-corrected chi connectivity index (χ3v) is 6.72. The molecule has 1 amide bonds. The fourth-order valence-electron chi connectivity index (χ4n) is 4.19. The van der Waals surface area contributed by atoms with Gasteiger partial charge in [0.05, 0.1) is 12.7 Å². The van der Waals surface area contributed by atoms with Gasteiger partial charge < -0.3 is 10.2 Å². The highest BCUT2D eigenvalue weighted by Crippen LogP contribution is 2.19. The highest BCUT2D eigenvalue weighted by atomic mass is 32.1. The van der Waals surface area contributed by atoms with Crippen molar-refractivity contribution in [3.8, 4) is 0 Å². The molecule has 0 unspecified atom stereocenters. The summed E-state index contributed by atoms with van der Waals surface area (Å²) < 4.78 is 0. The lowest BCUT2D eigenvalue weighted by molar-refractivity contribution is 0.0908. The summed E-state index contributed by atoms with van der Waals surface area (Å²) in [7, 11) is 0. The maximum Gasteiger partial charge on any atom is 0.263 e. The zero-order chi connectivity index (χ0) is 19.2. The standard InChI is InChI=1S/C22H30N4OS/c27-22(20-15-23-21(28-20)17-25-11-4-5-12-25)24-19-9-6-13-26(16-19)14-10-18-7-2-1-3-8-18/h1-3,7-8,15,19H,4-6,9-14,16-17H2,(H,24,27)/t19-/m1/s1. The molecule has 0 saturated carbocycles. The van der Waals surface area contributed by atoms with Gasteiger partial charge in [0.1, 0.15) is 9.88 Å². The Labute approximate surface area is 171 Å². The van der Waals surface area contributed by atoms with Gasteiger partial charge in [-0.2, -0.15) is 0 Å². The number of nitrogens with zero attached hydrogens (tertiary/aromatic N) is 3. The second-order valence-corrected chi connectivity index (χ2v) is 9.07. The van der Waals surface area contributed by atoms with E-state index in [-0.39, 0.29) is 11.9 Å². The number of hydrogen-bond acceptors (Lipinski definition) is 5. The van der Waals surface area contributed by atoms with E-state index in [0.29, 0.717) is 0 Å². The van der Waals surface area contributed by atoms with E-state index >= 15 is 0 Å². The molecule has 2 saturated heterocycles. The highest BCUT2D eigenvalue weighted by molar-refractivity contribution is 7.13. The molecule has 1 atom stereocenters. The maximum absolute atomic E-state index is 12.7. The van der Waals surface area contributed by atoms with E-state index in [9.17, 15) is 4.79 Å². The molecule has 0 aliphatic carbocycles. The summed E-state index contributed by atoms with van der Waals surface area (Å²) >= 11 is 1.55. The molecule has 0 radical (unpaired) electrons. The molecule has 2 aliphatic heterocycles. The summed E-state index contributed by atoms with van der Waals surface area (Å²) in [5.41, 5.74) is 1.38. The third-order valence-electron chi connectivity index (χ3n) is 5.74. The van der Waals surface area contributed by atoms with Gasteiger partial charge in [0.25, 0.3) is 5.91 Å². The van der Waals surface area contributed by atoms with Crippen LogP contribution in [-0.2, 0) is 13.0 Å². The second-order valence-electron chi connectivity index (χ2n) is 7.95. The van der Waals surface area contributed by atoms with Crippen molar-refractivity contribution in [2.24, 2.45) is 0 Å². The van der Waals surface area contributed by atoms with E-state index in [1.807, 2.05) is 0 Å². The van der Waals surface area contributed by atoms with Crippen molar-refractivity contribution in [2.75, 3.05) is 32.7 Å². The molecule has 2 aromatic rings. The minimum absolute atomic E-state index is 0.0417. The lowest BCUT2D eigenvalue weighted by Crippen LogP contribution is -2.48. The number of carbonyl (C=O) groups excluding carboxylic acids is 1. The number of benzene rings is 1. The maximum atomic E-state index is 12.7. The molecule has 150 valence electrons. The highest BCUT2D eigenvalue weighted by Gasteiger charge is 2.23. The van der Waals surface area contributed by atoms with Crippen molar-refractivity contribution in [2.45, 2.75) is 44.7 Å². The first kappa shape index (κ1) is 19.6. The van der Waals surface area contributed by atoms with Crippen molar-refractivity contribution in [1.29, 1.82) is 0 Å². The Morgan fingerprint density at radius 2 is 1.89 bits per heavy atom. The van der Waals surface area contributed by atoms with E-state index < -0.39 is 0 Å². The number of carbonyl (C=O) groups is 1. The van der Waals surface area contributed by atoms with Crippen molar-refractivity contribution in [3.63, 3.8) is 0 Å². The molecule has 1 aromatic carbocycles. The zero-order valence-electron chi connectivity index (χ0n) is 16.5. The number of piperidine rings is 1. The minimum Gasteiger partial charge on any atom is -0.347 e. The Kier molecular flexibility index (Phi) is 6.73. The molecule has 0 spiro atoms. The summed E-state index contributed by atoms with van der Waals surface area (Å²) in [6, 6.07) is 10.9. The van der Waals surface area contributed by atoms with Gasteiger partial charge in [-0.15, -0.1) is 11.3 Å². The van der Waals surface area contributed by atoms with Crippen LogP contribution in [0.15, 0.2) is 36.5 Å². The number of amides is 1. The lowest BCUT2D eigenvalue weighted by atomic mass is 10.0. The van der Waals surface area contributed by atoms with Crippen LogP contribution in [0.5, 0.6) is 0 Å². The second kappa shape index (κ2) is 9.63. The van der Waals surface area contributed by atoms with E-state index in [1.165, 1.54) is 18.4 Å². The molecule has 1 N–H and O–H groups in total.